The van der Waals surface area contributed by atoms with E-state index in [1.54, 1.807) is 63.5 Å². The summed E-state index contributed by atoms with van der Waals surface area (Å²) in [5.41, 5.74) is 4.63. The highest BCUT2D eigenvalue weighted by Gasteiger charge is 2.35. The standard InChI is InChI=1S/C84H108ClN23O14S/c1-54-55(2)123-83-72(54)73(58-14-16-59(85)17-15-58)94-63(74-100-99-56(3)108(74)83)49-71(112)91-60-23-33-107(34-24-60)84(4,5)25-12-11-13-57-21-31-106(32-22-57)36-38-119-40-42-121-44-46-122-45-43-120-41-39-118-37-30-86-68(109)18-26-90-80(115)76-97-66(52-104(76)9)95-69(110)19-27-89-79(114)65-48-62(51-103(65)8)93-82(117)77-98-67(53-105(77)10)96-70(111)20-28-88-78(113)64-47-61(50-102(64)7)92-81(116)75-87-29-35-101(75)6/h14-17,29,35,47-48,50-53,57,60,63H,18-24,26-28,30-34,36-46,49H2,1-10H3,(H,86,109)(H,88,113)(H,89,114)(H,90,115)(H,91,112)(H,92,116)(H,93,117)(H,95,110)(H,96,111)/t63-/m0/s1. The number of hydrogen-bond acceptors (Lipinski definition) is 23. The number of imidazole rings is 3. The van der Waals surface area contributed by atoms with Gasteiger partial charge in [0.2, 0.25) is 35.3 Å². The van der Waals surface area contributed by atoms with Crippen LogP contribution in [0.3, 0.4) is 0 Å². The largest absolute Gasteiger partial charge is 0.378 e. The van der Waals surface area contributed by atoms with Gasteiger partial charge in [-0.3, -0.25) is 57.6 Å². The minimum absolute atomic E-state index is 0.000111. The average molecular weight is 1730 g/mol. The van der Waals surface area contributed by atoms with Gasteiger partial charge < -0.3 is 99.3 Å². The summed E-state index contributed by atoms with van der Waals surface area (Å²) in [6.45, 7) is 19.2. The van der Waals surface area contributed by atoms with Crippen LogP contribution in [0, 0.1) is 50.4 Å². The Hall–Kier alpha value is -11.7. The number of thiophene rings is 1. The van der Waals surface area contributed by atoms with E-state index in [-0.39, 0.29) is 128 Å². The van der Waals surface area contributed by atoms with E-state index in [1.165, 1.54) is 60.1 Å². The monoisotopic (exact) mass is 1730 g/mol. The quantitative estimate of drug-likeness (QED) is 0.0176. The lowest BCUT2D eigenvalue weighted by Gasteiger charge is -2.40. The number of fused-ring (bicyclic) bond motifs is 3. The van der Waals surface area contributed by atoms with E-state index in [1.807, 2.05) is 31.2 Å². The summed E-state index contributed by atoms with van der Waals surface area (Å²) in [6.07, 6.45) is 12.6. The first kappa shape index (κ1) is 92.0. The van der Waals surface area contributed by atoms with Gasteiger partial charge in [-0.1, -0.05) is 35.6 Å². The molecule has 1 aromatic carbocycles. The fourth-order valence-corrected chi connectivity index (χ4v) is 15.4. The molecule has 0 unspecified atom stereocenters. The van der Waals surface area contributed by atoms with E-state index in [9.17, 15) is 43.2 Å². The highest BCUT2D eigenvalue weighted by atomic mass is 35.5. The first-order chi connectivity index (χ1) is 59.1. The maximum Gasteiger partial charge on any atom is 0.291 e. The number of rotatable bonds is 41. The molecule has 11 rings (SSSR count). The number of halogens is 1. The first-order valence-corrected chi connectivity index (χ1v) is 42.1. The fraction of sp³-hybridized carbons (Fsp3) is 0.488. The van der Waals surface area contributed by atoms with Crippen molar-refractivity contribution in [1.29, 1.82) is 0 Å². The maximum absolute atomic E-state index is 13.9. The number of nitrogens with zero attached hydrogens (tertiary/aromatic N) is 14. The molecule has 3 aliphatic rings. The van der Waals surface area contributed by atoms with Crippen LogP contribution in [0.1, 0.15) is 157 Å². The number of carbonyl (C=O) groups is 9. The van der Waals surface area contributed by atoms with Crippen LogP contribution >= 0.6 is 22.9 Å². The van der Waals surface area contributed by atoms with Gasteiger partial charge in [-0.25, -0.2) is 15.0 Å². The molecule has 10 heterocycles. The summed E-state index contributed by atoms with van der Waals surface area (Å²) in [6, 6.07) is 10.1. The molecule has 0 saturated carbocycles. The third kappa shape index (κ3) is 26.2. The molecule has 2 saturated heterocycles. The minimum atomic E-state index is -0.638. The van der Waals surface area contributed by atoms with Gasteiger partial charge in [-0.15, -0.1) is 21.5 Å². The minimum Gasteiger partial charge on any atom is -0.378 e. The summed E-state index contributed by atoms with van der Waals surface area (Å²) in [5.74, 6) is 11.3. The predicted molar refractivity (Wildman–Crippen MR) is 461 cm³/mol. The smallest absolute Gasteiger partial charge is 0.291 e. The molecule has 0 spiro atoms. The second-order valence-corrected chi connectivity index (χ2v) is 32.1. The summed E-state index contributed by atoms with van der Waals surface area (Å²) in [4.78, 5) is 141. The normalized spacial score (nSPS) is 14.3. The summed E-state index contributed by atoms with van der Waals surface area (Å²) in [5, 5.41) is 35.4. The molecule has 7 aromatic heterocycles. The number of carbonyl (C=O) groups excluding carboxylic acids is 9. The molecule has 123 heavy (non-hydrogen) atoms. The van der Waals surface area contributed by atoms with Crippen LogP contribution < -0.4 is 47.9 Å². The van der Waals surface area contributed by atoms with Gasteiger partial charge in [-0.05, 0) is 115 Å². The molecule has 656 valence electrons. The van der Waals surface area contributed by atoms with Crippen molar-refractivity contribution in [1.82, 2.24) is 88.9 Å². The molecular weight excluding hydrogens is 1620 g/mol. The first-order valence-electron chi connectivity index (χ1n) is 40.9. The third-order valence-corrected chi connectivity index (χ3v) is 22.4. The van der Waals surface area contributed by atoms with E-state index in [2.05, 4.69) is 139 Å². The van der Waals surface area contributed by atoms with E-state index in [4.69, 9.17) is 40.3 Å². The number of piperidine rings is 2. The van der Waals surface area contributed by atoms with Gasteiger partial charge in [0.15, 0.2) is 23.3 Å². The van der Waals surface area contributed by atoms with Crippen molar-refractivity contribution in [2.75, 3.05) is 146 Å². The van der Waals surface area contributed by atoms with Crippen LogP contribution in [-0.4, -0.2) is 258 Å². The number of aliphatic imine (C=N–C) groups is 1. The van der Waals surface area contributed by atoms with Crippen LogP contribution in [-0.2, 0) is 78.1 Å². The zero-order valence-corrected chi connectivity index (χ0v) is 72.6. The Morgan fingerprint density at radius 2 is 1.08 bits per heavy atom. The Balaban J connectivity index is 0.455. The summed E-state index contributed by atoms with van der Waals surface area (Å²) in [7, 11) is 8.06. The number of amides is 9. The van der Waals surface area contributed by atoms with Gasteiger partial charge >= 0.3 is 0 Å². The van der Waals surface area contributed by atoms with Crippen LogP contribution in [0.25, 0.3) is 5.00 Å². The highest BCUT2D eigenvalue weighted by Crippen LogP contribution is 2.40. The number of anilines is 4. The van der Waals surface area contributed by atoms with Crippen molar-refractivity contribution in [2.45, 2.75) is 104 Å². The Kier molecular flexibility index (Phi) is 33.2. The number of aromatic nitrogens is 11. The SMILES string of the molecule is Cc1sc2c(c1C)C(c1ccc(Cl)cc1)=N[C@@H](CC(=O)NC1CCN(C(C)(C)C#CC#CC3CCN(CCOCCOCCOCCOCCOCCNC(=O)CCNC(=O)c4nc(NC(=O)CCNC(=O)c5cc(NC(=O)c6nc(NC(=O)CCNC(=O)c7cc(NC(=O)c8nccn8C)cn7C)cn6C)cn5C)cn4C)CC3)CC1)c1nnc(C)n1-2. The molecular formula is C84H108ClN23O14S. The zero-order chi connectivity index (χ0) is 87.7. The Morgan fingerprint density at radius 1 is 0.553 bits per heavy atom. The van der Waals surface area contributed by atoms with Crippen LogP contribution in [0.2, 0.25) is 5.02 Å². The van der Waals surface area contributed by atoms with Gasteiger partial charge in [0.05, 0.1) is 95.1 Å². The van der Waals surface area contributed by atoms with Crippen LogP contribution in [0.5, 0.6) is 0 Å². The number of nitrogens with one attached hydrogen (secondary N) is 9. The van der Waals surface area contributed by atoms with Crippen molar-refractivity contribution < 1.29 is 66.8 Å². The maximum atomic E-state index is 13.9. The molecule has 0 radical (unpaired) electrons. The number of aryl methyl sites for hydroxylation is 7. The second-order valence-electron chi connectivity index (χ2n) is 30.5. The summed E-state index contributed by atoms with van der Waals surface area (Å²) >= 11 is 7.99. The molecule has 39 heteroatoms. The molecule has 2 fully saturated rings. The van der Waals surface area contributed by atoms with Crippen molar-refractivity contribution >= 4 is 105 Å². The molecule has 8 aromatic rings. The van der Waals surface area contributed by atoms with Gasteiger partial charge in [-0.2, -0.15) is 0 Å². The molecule has 9 amide bonds. The van der Waals surface area contributed by atoms with E-state index in [0.29, 0.717) is 81.9 Å². The Labute approximate surface area is 722 Å². The lowest BCUT2D eigenvalue weighted by atomic mass is 9.96. The second kappa shape index (κ2) is 44.4. The predicted octanol–water partition coefficient (Wildman–Crippen LogP) is 5.19. The molecule has 1 atom stereocenters. The topological polar surface area (TPSA) is 421 Å². The lowest BCUT2D eigenvalue weighted by molar-refractivity contribution is -0.123. The van der Waals surface area contributed by atoms with Gasteiger partial charge in [0.25, 0.3) is 29.5 Å². The number of benzene rings is 1. The van der Waals surface area contributed by atoms with Crippen molar-refractivity contribution in [3.63, 3.8) is 0 Å². The van der Waals surface area contributed by atoms with E-state index >= 15 is 0 Å². The van der Waals surface area contributed by atoms with Crippen molar-refractivity contribution in [3.8, 4) is 28.7 Å². The Bertz CT molecular complexity index is 5220. The number of likely N-dealkylation sites (tertiary alicyclic amines) is 2. The van der Waals surface area contributed by atoms with E-state index in [0.717, 1.165) is 91.6 Å². The third-order valence-electron chi connectivity index (χ3n) is 20.9. The molecule has 3 aliphatic heterocycles. The van der Waals surface area contributed by atoms with E-state index < -0.39 is 47.4 Å². The highest BCUT2D eigenvalue weighted by molar-refractivity contribution is 7.15. The number of hydrogen-bond donors (Lipinski definition) is 9. The van der Waals surface area contributed by atoms with Crippen LogP contribution in [0.15, 0.2) is 78.6 Å². The molecule has 0 bridgehead atoms. The van der Waals surface area contributed by atoms with Crippen molar-refractivity contribution in [3.05, 3.63) is 141 Å². The number of ether oxygens (including phenoxy) is 5. The zero-order valence-electron chi connectivity index (χ0n) is 71.0. The van der Waals surface area contributed by atoms with Gasteiger partial charge in [0.1, 0.15) is 28.3 Å². The molecule has 9 N–H and O–H groups in total. The lowest BCUT2D eigenvalue weighted by Crippen LogP contribution is -2.51. The van der Waals surface area contributed by atoms with Crippen LogP contribution in [0.4, 0.5) is 23.0 Å². The fourth-order valence-electron chi connectivity index (χ4n) is 14.1. The molecule has 37 nitrogen and oxygen atoms in total. The van der Waals surface area contributed by atoms with Crippen molar-refractivity contribution in [2.24, 2.45) is 46.1 Å². The summed E-state index contributed by atoms with van der Waals surface area (Å²) < 4.78 is 37.8. The average Bonchev–Trinajstić information content (AvgIpc) is 1.59. The molecule has 0 aliphatic carbocycles. The van der Waals surface area contributed by atoms with Gasteiger partial charge in [0, 0.05) is 170 Å². The Morgan fingerprint density at radius 3 is 1.64 bits per heavy atom.